The van der Waals surface area contributed by atoms with Gasteiger partial charge in [-0.15, -0.1) is 0 Å². The van der Waals surface area contributed by atoms with Gasteiger partial charge < -0.3 is 15.0 Å². The van der Waals surface area contributed by atoms with Gasteiger partial charge in [0.05, 0.1) is 11.3 Å². The summed E-state index contributed by atoms with van der Waals surface area (Å²) in [6.45, 7) is 3.86. The van der Waals surface area contributed by atoms with Crippen LogP contribution in [0.25, 0.3) is 0 Å². The predicted octanol–water partition coefficient (Wildman–Crippen LogP) is 2.91. The normalized spacial score (nSPS) is 13.3. The minimum Gasteiger partial charge on any atom is -0.481 e. The standard InChI is InChI=1S/C18H18N2O3/c1-11-7-8-12(2)14(9-11)19-18(22)13-5-4-6-15-17(13)23-10-16(21)20(15)3/h4-9H,10H2,1-3H3,(H,19,22). The first kappa shape index (κ1) is 15.1. The van der Waals surface area contributed by atoms with Crippen molar-refractivity contribution in [2.24, 2.45) is 0 Å². The Morgan fingerprint density at radius 2 is 2.00 bits per heavy atom. The number of hydrogen-bond donors (Lipinski definition) is 1. The second-order valence-electron chi connectivity index (χ2n) is 5.67. The Labute approximate surface area is 134 Å². The highest BCUT2D eigenvalue weighted by Crippen LogP contribution is 2.35. The zero-order valence-electron chi connectivity index (χ0n) is 13.3. The summed E-state index contributed by atoms with van der Waals surface area (Å²) >= 11 is 0. The van der Waals surface area contributed by atoms with Crippen molar-refractivity contribution < 1.29 is 14.3 Å². The second-order valence-corrected chi connectivity index (χ2v) is 5.67. The Hall–Kier alpha value is -2.82. The number of anilines is 2. The zero-order valence-corrected chi connectivity index (χ0v) is 13.3. The molecular formula is C18H18N2O3. The van der Waals surface area contributed by atoms with Crippen LogP contribution in [0.2, 0.25) is 0 Å². The number of carbonyl (C=O) groups excluding carboxylic acids is 2. The van der Waals surface area contributed by atoms with E-state index in [4.69, 9.17) is 4.74 Å². The van der Waals surface area contributed by atoms with Crippen molar-refractivity contribution >= 4 is 23.2 Å². The minimum atomic E-state index is -0.252. The fourth-order valence-electron chi connectivity index (χ4n) is 2.54. The van der Waals surface area contributed by atoms with Crippen LogP contribution in [-0.4, -0.2) is 25.5 Å². The Bertz CT molecular complexity index is 799. The lowest BCUT2D eigenvalue weighted by Gasteiger charge is -2.27. The van der Waals surface area contributed by atoms with Gasteiger partial charge in [0.1, 0.15) is 0 Å². The fraction of sp³-hybridized carbons (Fsp3) is 0.222. The Balaban J connectivity index is 1.95. The van der Waals surface area contributed by atoms with E-state index in [9.17, 15) is 9.59 Å². The second kappa shape index (κ2) is 5.76. The van der Waals surface area contributed by atoms with E-state index < -0.39 is 0 Å². The first-order valence-electron chi connectivity index (χ1n) is 7.38. The van der Waals surface area contributed by atoms with Gasteiger partial charge >= 0.3 is 0 Å². The summed E-state index contributed by atoms with van der Waals surface area (Å²) in [6, 6.07) is 11.1. The van der Waals surface area contributed by atoms with Crippen molar-refractivity contribution in [1.29, 1.82) is 0 Å². The number of nitrogens with one attached hydrogen (secondary N) is 1. The summed E-state index contributed by atoms with van der Waals surface area (Å²) in [5.74, 6) is 0.0558. The number of nitrogens with zero attached hydrogens (tertiary/aromatic N) is 1. The van der Waals surface area contributed by atoms with Crippen LogP contribution >= 0.6 is 0 Å². The maximum atomic E-state index is 12.6. The van der Waals surface area contributed by atoms with Crippen LogP contribution in [0, 0.1) is 13.8 Å². The topological polar surface area (TPSA) is 58.6 Å². The van der Waals surface area contributed by atoms with E-state index >= 15 is 0 Å². The third kappa shape index (κ3) is 2.77. The van der Waals surface area contributed by atoms with Crippen LogP contribution in [0.15, 0.2) is 36.4 Å². The van der Waals surface area contributed by atoms with Gasteiger partial charge in [-0.2, -0.15) is 0 Å². The van der Waals surface area contributed by atoms with Gasteiger partial charge in [-0.05, 0) is 43.2 Å². The van der Waals surface area contributed by atoms with Gasteiger partial charge in [-0.3, -0.25) is 9.59 Å². The van der Waals surface area contributed by atoms with Gasteiger partial charge in [0.2, 0.25) is 0 Å². The van der Waals surface area contributed by atoms with Crippen molar-refractivity contribution in [3.63, 3.8) is 0 Å². The van der Waals surface area contributed by atoms with E-state index in [2.05, 4.69) is 5.32 Å². The average molecular weight is 310 g/mol. The number of para-hydroxylation sites is 1. The van der Waals surface area contributed by atoms with E-state index in [0.717, 1.165) is 16.8 Å². The quantitative estimate of drug-likeness (QED) is 0.928. The molecule has 0 fully saturated rings. The van der Waals surface area contributed by atoms with Crippen molar-refractivity contribution in [1.82, 2.24) is 0 Å². The number of hydrogen-bond acceptors (Lipinski definition) is 3. The van der Waals surface area contributed by atoms with Crippen molar-refractivity contribution in [2.75, 3.05) is 23.9 Å². The fourth-order valence-corrected chi connectivity index (χ4v) is 2.54. The molecule has 2 amide bonds. The lowest BCUT2D eigenvalue weighted by atomic mass is 10.1. The molecule has 0 atom stereocenters. The maximum absolute atomic E-state index is 12.6. The molecule has 2 aromatic carbocycles. The number of fused-ring (bicyclic) bond motifs is 1. The molecule has 1 heterocycles. The number of rotatable bonds is 2. The van der Waals surface area contributed by atoms with E-state index in [1.165, 1.54) is 4.90 Å². The largest absolute Gasteiger partial charge is 0.481 e. The molecule has 5 heteroatoms. The Morgan fingerprint density at radius 3 is 2.78 bits per heavy atom. The summed E-state index contributed by atoms with van der Waals surface area (Å²) in [4.78, 5) is 25.9. The van der Waals surface area contributed by atoms with Crippen molar-refractivity contribution in [3.8, 4) is 5.75 Å². The smallest absolute Gasteiger partial charge is 0.264 e. The molecule has 1 N–H and O–H groups in total. The summed E-state index contributed by atoms with van der Waals surface area (Å²) in [6.07, 6.45) is 0. The maximum Gasteiger partial charge on any atom is 0.264 e. The monoisotopic (exact) mass is 310 g/mol. The zero-order chi connectivity index (χ0) is 16.6. The molecule has 5 nitrogen and oxygen atoms in total. The van der Waals surface area contributed by atoms with Crippen LogP contribution in [0.3, 0.4) is 0 Å². The van der Waals surface area contributed by atoms with Crippen LogP contribution in [0.4, 0.5) is 11.4 Å². The van der Waals surface area contributed by atoms with Crippen LogP contribution in [0.1, 0.15) is 21.5 Å². The molecule has 0 spiro atoms. The highest BCUT2D eigenvalue weighted by Gasteiger charge is 2.26. The summed E-state index contributed by atoms with van der Waals surface area (Å²) < 4.78 is 5.50. The first-order valence-corrected chi connectivity index (χ1v) is 7.38. The van der Waals surface area contributed by atoms with E-state index in [0.29, 0.717) is 17.0 Å². The molecule has 0 radical (unpaired) electrons. The molecule has 3 rings (SSSR count). The third-order valence-corrected chi connectivity index (χ3v) is 3.96. The number of ether oxygens (including phenoxy) is 1. The molecule has 0 aromatic heterocycles. The molecule has 1 aliphatic rings. The van der Waals surface area contributed by atoms with Gasteiger partial charge in [-0.25, -0.2) is 0 Å². The number of amides is 2. The van der Waals surface area contributed by atoms with Crippen LogP contribution in [-0.2, 0) is 4.79 Å². The van der Waals surface area contributed by atoms with Crippen LogP contribution in [0.5, 0.6) is 5.75 Å². The molecular weight excluding hydrogens is 292 g/mol. The SMILES string of the molecule is Cc1ccc(C)c(NC(=O)c2cccc3c2OCC(=O)N3C)c1. The summed E-state index contributed by atoms with van der Waals surface area (Å²) in [5.41, 5.74) is 3.86. The molecule has 2 aromatic rings. The number of benzene rings is 2. The molecule has 0 saturated carbocycles. The summed E-state index contributed by atoms with van der Waals surface area (Å²) in [5, 5.41) is 2.92. The van der Waals surface area contributed by atoms with Crippen molar-refractivity contribution in [3.05, 3.63) is 53.1 Å². The Morgan fingerprint density at radius 1 is 1.22 bits per heavy atom. The lowest BCUT2D eigenvalue weighted by molar-refractivity contribution is -0.121. The highest BCUT2D eigenvalue weighted by atomic mass is 16.5. The Kier molecular flexibility index (Phi) is 3.78. The molecule has 1 aliphatic heterocycles. The predicted molar refractivity (Wildman–Crippen MR) is 89.2 cm³/mol. The van der Waals surface area contributed by atoms with Gasteiger partial charge in [0.15, 0.2) is 12.4 Å². The number of likely N-dealkylation sites (N-methyl/N-ethyl adjacent to an activating group) is 1. The number of aryl methyl sites for hydroxylation is 2. The molecule has 23 heavy (non-hydrogen) atoms. The van der Waals surface area contributed by atoms with E-state index in [1.807, 2.05) is 32.0 Å². The lowest BCUT2D eigenvalue weighted by Crippen LogP contribution is -2.36. The average Bonchev–Trinajstić information content (AvgIpc) is 2.54. The van der Waals surface area contributed by atoms with Crippen molar-refractivity contribution in [2.45, 2.75) is 13.8 Å². The minimum absolute atomic E-state index is 0.0583. The summed E-state index contributed by atoms with van der Waals surface area (Å²) in [7, 11) is 1.68. The highest BCUT2D eigenvalue weighted by molar-refractivity contribution is 6.09. The van der Waals surface area contributed by atoms with E-state index in [-0.39, 0.29) is 18.4 Å². The van der Waals surface area contributed by atoms with Gasteiger partial charge in [0.25, 0.3) is 11.8 Å². The molecule has 0 unspecified atom stereocenters. The molecule has 118 valence electrons. The first-order chi connectivity index (χ1) is 11.0. The third-order valence-electron chi connectivity index (χ3n) is 3.96. The number of carbonyl (C=O) groups is 2. The van der Waals surface area contributed by atoms with Gasteiger partial charge in [0, 0.05) is 12.7 Å². The molecule has 0 bridgehead atoms. The molecule has 0 saturated heterocycles. The van der Waals surface area contributed by atoms with E-state index in [1.54, 1.807) is 25.2 Å². The van der Waals surface area contributed by atoms with Gasteiger partial charge in [-0.1, -0.05) is 18.2 Å². The molecule has 0 aliphatic carbocycles. The van der Waals surface area contributed by atoms with Crippen LogP contribution < -0.4 is 15.0 Å².